The van der Waals surface area contributed by atoms with Crippen molar-refractivity contribution in [3.05, 3.63) is 17.5 Å². The van der Waals surface area contributed by atoms with Gasteiger partial charge in [-0.3, -0.25) is 4.79 Å². The van der Waals surface area contributed by atoms with Crippen LogP contribution in [-0.2, 0) is 4.79 Å². The molecule has 1 N–H and O–H groups in total. The lowest BCUT2D eigenvalue weighted by molar-refractivity contribution is -0.120. The lowest BCUT2D eigenvalue weighted by Gasteiger charge is -2.13. The molecule has 5 heteroatoms. The molecule has 0 saturated carbocycles. The monoisotopic (exact) mass is 255 g/mol. The van der Waals surface area contributed by atoms with Crippen LogP contribution < -0.4 is 5.32 Å². The Labute approximate surface area is 107 Å². The highest BCUT2D eigenvalue weighted by Gasteiger charge is 2.16. The summed E-state index contributed by atoms with van der Waals surface area (Å²) in [6.07, 6.45) is 5.26. The minimum Gasteiger partial charge on any atom is -0.310 e. The van der Waals surface area contributed by atoms with Crippen LogP contribution in [0.25, 0.3) is 0 Å². The second-order valence-electron chi connectivity index (χ2n) is 3.96. The topological polar surface area (TPSA) is 54.9 Å². The van der Waals surface area contributed by atoms with E-state index in [1.54, 1.807) is 6.07 Å². The number of anilines is 1. The number of halogens is 1. The summed E-state index contributed by atoms with van der Waals surface area (Å²) < 4.78 is 0. The van der Waals surface area contributed by atoms with E-state index in [-0.39, 0.29) is 11.8 Å². The van der Waals surface area contributed by atoms with Crippen LogP contribution in [0.1, 0.15) is 39.5 Å². The SMILES string of the molecule is CCCCC(CC)C(=O)Nc1cc(Cl)ncn1. The Kier molecular flexibility index (Phi) is 5.91. The first-order valence-electron chi connectivity index (χ1n) is 5.95. The van der Waals surface area contributed by atoms with Gasteiger partial charge in [0.1, 0.15) is 17.3 Å². The Morgan fingerprint density at radius 2 is 2.24 bits per heavy atom. The van der Waals surface area contributed by atoms with E-state index in [1.807, 2.05) is 6.92 Å². The predicted molar refractivity (Wildman–Crippen MR) is 69.0 cm³/mol. The Morgan fingerprint density at radius 1 is 1.47 bits per heavy atom. The zero-order valence-electron chi connectivity index (χ0n) is 10.2. The molecule has 1 unspecified atom stereocenters. The van der Waals surface area contributed by atoms with Gasteiger partial charge in [0.05, 0.1) is 0 Å². The number of unbranched alkanes of at least 4 members (excludes halogenated alkanes) is 1. The lowest BCUT2D eigenvalue weighted by atomic mass is 9.98. The highest BCUT2D eigenvalue weighted by Crippen LogP contribution is 2.16. The summed E-state index contributed by atoms with van der Waals surface area (Å²) in [5, 5.41) is 3.10. The molecule has 17 heavy (non-hydrogen) atoms. The Bertz CT molecular complexity index is 371. The second kappa shape index (κ2) is 7.22. The van der Waals surface area contributed by atoms with Gasteiger partial charge in [0.15, 0.2) is 0 Å². The van der Waals surface area contributed by atoms with Crippen molar-refractivity contribution in [2.75, 3.05) is 5.32 Å². The molecule has 1 atom stereocenters. The van der Waals surface area contributed by atoms with E-state index in [1.165, 1.54) is 6.33 Å². The number of amides is 1. The van der Waals surface area contributed by atoms with E-state index in [0.717, 1.165) is 25.7 Å². The maximum atomic E-state index is 11.9. The summed E-state index contributed by atoms with van der Waals surface area (Å²) in [4.78, 5) is 19.7. The Balaban J connectivity index is 2.57. The van der Waals surface area contributed by atoms with Crippen molar-refractivity contribution in [2.24, 2.45) is 5.92 Å². The van der Waals surface area contributed by atoms with Crippen molar-refractivity contribution in [3.8, 4) is 0 Å². The number of aromatic nitrogens is 2. The quantitative estimate of drug-likeness (QED) is 0.794. The summed E-state index contributed by atoms with van der Waals surface area (Å²) in [6.45, 7) is 4.14. The van der Waals surface area contributed by atoms with Crippen molar-refractivity contribution in [1.82, 2.24) is 9.97 Å². The molecule has 94 valence electrons. The number of nitrogens with one attached hydrogen (secondary N) is 1. The third-order valence-corrected chi connectivity index (χ3v) is 2.86. The molecule has 0 bridgehead atoms. The molecule has 1 heterocycles. The summed E-state index contributed by atoms with van der Waals surface area (Å²) >= 11 is 5.72. The zero-order valence-corrected chi connectivity index (χ0v) is 11.0. The number of carbonyl (C=O) groups is 1. The summed E-state index contributed by atoms with van der Waals surface area (Å²) in [5.74, 6) is 0.518. The van der Waals surface area contributed by atoms with Crippen LogP contribution in [-0.4, -0.2) is 15.9 Å². The molecule has 1 aromatic rings. The maximum Gasteiger partial charge on any atom is 0.228 e. The minimum atomic E-state index is 0.00992. The smallest absolute Gasteiger partial charge is 0.228 e. The van der Waals surface area contributed by atoms with E-state index >= 15 is 0 Å². The van der Waals surface area contributed by atoms with Crippen LogP contribution in [0.15, 0.2) is 12.4 Å². The minimum absolute atomic E-state index is 0.00992. The molecule has 0 fully saturated rings. The molecule has 0 spiro atoms. The summed E-state index contributed by atoms with van der Waals surface area (Å²) in [6, 6.07) is 1.55. The molecular weight excluding hydrogens is 238 g/mol. The van der Waals surface area contributed by atoms with Gasteiger partial charge in [0.25, 0.3) is 0 Å². The van der Waals surface area contributed by atoms with E-state index in [0.29, 0.717) is 11.0 Å². The third-order valence-electron chi connectivity index (χ3n) is 2.65. The average Bonchev–Trinajstić information content (AvgIpc) is 2.30. The van der Waals surface area contributed by atoms with Gasteiger partial charge in [-0.15, -0.1) is 0 Å². The average molecular weight is 256 g/mol. The third kappa shape index (κ3) is 4.69. The van der Waals surface area contributed by atoms with E-state index in [2.05, 4.69) is 22.2 Å². The van der Waals surface area contributed by atoms with Crippen molar-refractivity contribution in [3.63, 3.8) is 0 Å². The van der Waals surface area contributed by atoms with Crippen molar-refractivity contribution < 1.29 is 4.79 Å². The van der Waals surface area contributed by atoms with Gasteiger partial charge in [0, 0.05) is 12.0 Å². The number of hydrogen-bond acceptors (Lipinski definition) is 3. The summed E-state index contributed by atoms with van der Waals surface area (Å²) in [5.41, 5.74) is 0. The molecule has 0 radical (unpaired) electrons. The molecule has 1 amide bonds. The number of nitrogens with zero attached hydrogens (tertiary/aromatic N) is 2. The van der Waals surface area contributed by atoms with E-state index < -0.39 is 0 Å². The zero-order chi connectivity index (χ0) is 12.7. The van der Waals surface area contributed by atoms with Gasteiger partial charge in [-0.25, -0.2) is 9.97 Å². The fraction of sp³-hybridized carbons (Fsp3) is 0.583. The summed E-state index contributed by atoms with van der Waals surface area (Å²) in [7, 11) is 0. The first-order valence-corrected chi connectivity index (χ1v) is 6.33. The molecule has 1 rings (SSSR count). The number of hydrogen-bond donors (Lipinski definition) is 1. The molecule has 0 aromatic carbocycles. The fourth-order valence-electron chi connectivity index (χ4n) is 1.60. The van der Waals surface area contributed by atoms with Crippen LogP contribution in [0.5, 0.6) is 0 Å². The van der Waals surface area contributed by atoms with Gasteiger partial charge in [-0.2, -0.15) is 0 Å². The van der Waals surface area contributed by atoms with Gasteiger partial charge < -0.3 is 5.32 Å². The first-order chi connectivity index (χ1) is 8.17. The molecule has 0 aliphatic rings. The molecule has 4 nitrogen and oxygen atoms in total. The van der Waals surface area contributed by atoms with Crippen molar-refractivity contribution in [2.45, 2.75) is 39.5 Å². The van der Waals surface area contributed by atoms with Gasteiger partial charge in [-0.1, -0.05) is 38.3 Å². The molecule has 0 saturated heterocycles. The standard InChI is InChI=1S/C12H18ClN3O/c1-3-5-6-9(4-2)12(17)16-11-7-10(13)14-8-15-11/h7-9H,3-6H2,1-2H3,(H,14,15,16,17). The molecule has 1 aromatic heterocycles. The van der Waals surface area contributed by atoms with Crippen LogP contribution >= 0.6 is 11.6 Å². The number of rotatable bonds is 6. The van der Waals surface area contributed by atoms with Crippen LogP contribution in [0, 0.1) is 5.92 Å². The van der Waals surface area contributed by atoms with Crippen LogP contribution in [0.4, 0.5) is 5.82 Å². The normalized spacial score (nSPS) is 12.2. The molecular formula is C12H18ClN3O. The number of carbonyl (C=O) groups excluding carboxylic acids is 1. The highest BCUT2D eigenvalue weighted by atomic mass is 35.5. The van der Waals surface area contributed by atoms with Crippen molar-refractivity contribution >= 4 is 23.3 Å². The first kappa shape index (κ1) is 13.9. The predicted octanol–water partition coefficient (Wildman–Crippen LogP) is 3.28. The van der Waals surface area contributed by atoms with Crippen LogP contribution in [0.3, 0.4) is 0 Å². The maximum absolute atomic E-state index is 11.9. The molecule has 0 aliphatic carbocycles. The highest BCUT2D eigenvalue weighted by molar-refractivity contribution is 6.29. The van der Waals surface area contributed by atoms with E-state index in [9.17, 15) is 4.79 Å². The Hall–Kier alpha value is -1.16. The largest absolute Gasteiger partial charge is 0.310 e. The van der Waals surface area contributed by atoms with Gasteiger partial charge >= 0.3 is 0 Å². The molecule has 0 aliphatic heterocycles. The van der Waals surface area contributed by atoms with Crippen LogP contribution in [0.2, 0.25) is 5.15 Å². The van der Waals surface area contributed by atoms with Gasteiger partial charge in [0.2, 0.25) is 5.91 Å². The Morgan fingerprint density at radius 3 is 2.82 bits per heavy atom. The lowest BCUT2D eigenvalue weighted by Crippen LogP contribution is -2.22. The van der Waals surface area contributed by atoms with Crippen molar-refractivity contribution in [1.29, 1.82) is 0 Å². The van der Waals surface area contributed by atoms with Gasteiger partial charge in [-0.05, 0) is 12.8 Å². The van der Waals surface area contributed by atoms with E-state index in [4.69, 9.17) is 11.6 Å². The fourth-order valence-corrected chi connectivity index (χ4v) is 1.75. The second-order valence-corrected chi connectivity index (χ2v) is 4.35.